The van der Waals surface area contributed by atoms with Gasteiger partial charge in [-0.25, -0.2) is 19.7 Å². The average molecular weight is 477 g/mol. The third kappa shape index (κ3) is 6.17. The highest BCUT2D eigenvalue weighted by molar-refractivity contribution is 5.68. The zero-order valence-electron chi connectivity index (χ0n) is 20.2. The minimum Gasteiger partial charge on any atom is -0.449 e. The predicted molar refractivity (Wildman–Crippen MR) is 135 cm³/mol. The van der Waals surface area contributed by atoms with Crippen molar-refractivity contribution < 1.29 is 14.3 Å². The van der Waals surface area contributed by atoms with Crippen molar-refractivity contribution in [2.75, 3.05) is 30.7 Å². The van der Waals surface area contributed by atoms with Gasteiger partial charge in [0.2, 0.25) is 11.8 Å². The fourth-order valence-electron chi connectivity index (χ4n) is 3.93. The lowest BCUT2D eigenvalue weighted by Gasteiger charge is -2.32. The van der Waals surface area contributed by atoms with Gasteiger partial charge in [0.1, 0.15) is 5.75 Å². The van der Waals surface area contributed by atoms with Gasteiger partial charge in [-0.15, -0.1) is 0 Å². The fourth-order valence-corrected chi connectivity index (χ4v) is 3.93. The van der Waals surface area contributed by atoms with Crippen molar-refractivity contribution in [2.45, 2.75) is 45.6 Å². The quantitative estimate of drug-likeness (QED) is 0.343. The maximum Gasteiger partial charge on any atom is 0.409 e. The second kappa shape index (κ2) is 11.5. The molecule has 1 fully saturated rings. The standard InChI is InChI=1S/C26H32N6O3/c1-3-4-16-34-26(33)32-15-7-8-19(17-32)30-25-29-14-12-22(31-25)20-9-6-13-28-24(20)35-23-11-5-10-21(27)18(23)2/h5-6,9-14,19H,3-4,7-8,15-17,27H2,1-2H3,(H,29,30,31)/t19-/m0/s1. The van der Waals surface area contributed by atoms with E-state index in [1.165, 1.54) is 0 Å². The molecule has 1 saturated heterocycles. The van der Waals surface area contributed by atoms with Gasteiger partial charge in [0.15, 0.2) is 0 Å². The Hall–Kier alpha value is -3.88. The first kappa shape index (κ1) is 24.3. The van der Waals surface area contributed by atoms with Gasteiger partial charge in [-0.2, -0.15) is 0 Å². The number of carbonyl (C=O) groups excluding carboxylic acids is 1. The Labute approximate surface area is 205 Å². The summed E-state index contributed by atoms with van der Waals surface area (Å²) in [4.78, 5) is 27.6. The Morgan fingerprint density at radius 1 is 1.20 bits per heavy atom. The normalized spacial score (nSPS) is 15.5. The van der Waals surface area contributed by atoms with Crippen molar-refractivity contribution in [2.24, 2.45) is 0 Å². The maximum absolute atomic E-state index is 12.4. The second-order valence-corrected chi connectivity index (χ2v) is 8.59. The van der Waals surface area contributed by atoms with Crippen molar-refractivity contribution in [3.63, 3.8) is 0 Å². The van der Waals surface area contributed by atoms with Crippen LogP contribution in [0.5, 0.6) is 11.6 Å². The lowest BCUT2D eigenvalue weighted by atomic mass is 10.1. The first-order valence-corrected chi connectivity index (χ1v) is 12.0. The van der Waals surface area contributed by atoms with E-state index in [1.807, 2.05) is 43.3 Å². The fraction of sp³-hybridized carbons (Fsp3) is 0.385. The van der Waals surface area contributed by atoms with E-state index in [-0.39, 0.29) is 12.1 Å². The molecule has 1 amide bonds. The van der Waals surface area contributed by atoms with Crippen LogP contribution in [0.15, 0.2) is 48.8 Å². The van der Waals surface area contributed by atoms with E-state index >= 15 is 0 Å². The molecule has 0 bridgehead atoms. The van der Waals surface area contributed by atoms with Crippen LogP contribution in [0, 0.1) is 6.92 Å². The molecule has 184 valence electrons. The number of nitrogen functional groups attached to an aromatic ring is 1. The highest BCUT2D eigenvalue weighted by Gasteiger charge is 2.25. The third-order valence-electron chi connectivity index (χ3n) is 5.97. The summed E-state index contributed by atoms with van der Waals surface area (Å²) in [5.41, 5.74) is 8.96. The molecular formula is C26H32N6O3. The van der Waals surface area contributed by atoms with Crippen molar-refractivity contribution in [3.05, 3.63) is 54.4 Å². The van der Waals surface area contributed by atoms with Gasteiger partial charge in [-0.05, 0) is 56.5 Å². The minimum atomic E-state index is -0.256. The number of ether oxygens (including phenoxy) is 2. The highest BCUT2D eigenvalue weighted by Crippen LogP contribution is 2.33. The number of pyridine rings is 1. The van der Waals surface area contributed by atoms with Gasteiger partial charge < -0.3 is 25.4 Å². The van der Waals surface area contributed by atoms with Gasteiger partial charge in [0.25, 0.3) is 0 Å². The van der Waals surface area contributed by atoms with E-state index in [0.29, 0.717) is 48.7 Å². The number of unbranched alkanes of at least 4 members (excludes halogenated alkanes) is 1. The molecule has 1 atom stereocenters. The van der Waals surface area contributed by atoms with Crippen LogP contribution in [0.3, 0.4) is 0 Å². The number of nitrogens with one attached hydrogen (secondary N) is 1. The van der Waals surface area contributed by atoms with Crippen LogP contribution in [0.25, 0.3) is 11.3 Å². The summed E-state index contributed by atoms with van der Waals surface area (Å²) < 4.78 is 11.5. The van der Waals surface area contributed by atoms with Gasteiger partial charge in [0.05, 0.1) is 17.9 Å². The zero-order valence-corrected chi connectivity index (χ0v) is 20.2. The lowest BCUT2D eigenvalue weighted by molar-refractivity contribution is 0.0920. The summed E-state index contributed by atoms with van der Waals surface area (Å²) in [6.07, 6.45) is 6.80. The molecule has 0 spiro atoms. The largest absolute Gasteiger partial charge is 0.449 e. The Morgan fingerprint density at radius 3 is 2.94 bits per heavy atom. The number of anilines is 2. The smallest absolute Gasteiger partial charge is 0.409 e. The molecule has 1 aliphatic heterocycles. The summed E-state index contributed by atoms with van der Waals surface area (Å²) >= 11 is 0. The van der Waals surface area contributed by atoms with E-state index in [0.717, 1.165) is 36.8 Å². The molecule has 35 heavy (non-hydrogen) atoms. The Bertz CT molecular complexity index is 1160. The van der Waals surface area contributed by atoms with Crippen LogP contribution in [0.2, 0.25) is 0 Å². The summed E-state index contributed by atoms with van der Waals surface area (Å²) in [6.45, 7) is 5.69. The van der Waals surface area contributed by atoms with Crippen LogP contribution in [0.4, 0.5) is 16.4 Å². The van der Waals surface area contributed by atoms with Gasteiger partial charge in [0, 0.05) is 42.8 Å². The molecule has 3 aromatic rings. The number of hydrogen-bond donors (Lipinski definition) is 2. The molecule has 1 aromatic carbocycles. The van der Waals surface area contributed by atoms with Crippen molar-refractivity contribution in [1.29, 1.82) is 0 Å². The van der Waals surface area contributed by atoms with E-state index in [1.54, 1.807) is 17.3 Å². The summed E-state index contributed by atoms with van der Waals surface area (Å²) in [5, 5.41) is 3.38. The van der Waals surface area contributed by atoms with Crippen LogP contribution in [-0.2, 0) is 4.74 Å². The molecule has 4 rings (SSSR count). The number of aromatic nitrogens is 3. The molecule has 0 aliphatic carbocycles. The number of benzene rings is 1. The number of hydrogen-bond acceptors (Lipinski definition) is 8. The summed E-state index contributed by atoms with van der Waals surface area (Å²) in [5.74, 6) is 1.57. The molecule has 0 radical (unpaired) electrons. The van der Waals surface area contributed by atoms with Gasteiger partial charge in [-0.1, -0.05) is 19.4 Å². The van der Waals surface area contributed by atoms with Crippen LogP contribution in [-0.4, -0.2) is 51.7 Å². The van der Waals surface area contributed by atoms with Gasteiger partial charge in [-0.3, -0.25) is 0 Å². The van der Waals surface area contributed by atoms with Crippen LogP contribution >= 0.6 is 0 Å². The lowest BCUT2D eigenvalue weighted by Crippen LogP contribution is -2.45. The topological polar surface area (TPSA) is 115 Å². The van der Waals surface area contributed by atoms with Crippen LogP contribution < -0.4 is 15.8 Å². The summed E-state index contributed by atoms with van der Waals surface area (Å²) in [7, 11) is 0. The zero-order chi connectivity index (χ0) is 24.6. The predicted octanol–water partition coefficient (Wildman–Crippen LogP) is 5.03. The molecule has 3 heterocycles. The van der Waals surface area contributed by atoms with E-state index in [9.17, 15) is 4.79 Å². The number of nitrogens with zero attached hydrogens (tertiary/aromatic N) is 4. The average Bonchev–Trinajstić information content (AvgIpc) is 2.87. The first-order valence-electron chi connectivity index (χ1n) is 12.0. The van der Waals surface area contributed by atoms with Crippen molar-refractivity contribution >= 4 is 17.7 Å². The van der Waals surface area contributed by atoms with E-state index in [4.69, 9.17) is 20.2 Å². The molecular weight excluding hydrogens is 444 g/mol. The van der Waals surface area contributed by atoms with Crippen molar-refractivity contribution in [3.8, 4) is 22.9 Å². The second-order valence-electron chi connectivity index (χ2n) is 8.59. The van der Waals surface area contributed by atoms with E-state index in [2.05, 4.69) is 22.2 Å². The number of piperidine rings is 1. The van der Waals surface area contributed by atoms with Crippen LogP contribution in [0.1, 0.15) is 38.2 Å². The molecule has 3 N–H and O–H groups in total. The Kier molecular flexibility index (Phi) is 7.97. The van der Waals surface area contributed by atoms with Crippen molar-refractivity contribution in [1.82, 2.24) is 19.9 Å². The number of rotatable bonds is 8. The molecule has 9 heteroatoms. The maximum atomic E-state index is 12.4. The summed E-state index contributed by atoms with van der Waals surface area (Å²) in [6, 6.07) is 11.1. The van der Waals surface area contributed by atoms with E-state index < -0.39 is 0 Å². The monoisotopic (exact) mass is 476 g/mol. The Morgan fingerprint density at radius 2 is 2.09 bits per heavy atom. The highest BCUT2D eigenvalue weighted by atomic mass is 16.6. The Balaban J connectivity index is 1.47. The molecule has 9 nitrogen and oxygen atoms in total. The van der Waals surface area contributed by atoms with Gasteiger partial charge >= 0.3 is 6.09 Å². The number of carbonyl (C=O) groups is 1. The molecule has 0 unspecified atom stereocenters. The minimum absolute atomic E-state index is 0.0392. The third-order valence-corrected chi connectivity index (χ3v) is 5.97. The molecule has 0 saturated carbocycles. The number of likely N-dealkylation sites (tertiary alicyclic amines) is 1. The SMILES string of the molecule is CCCCOC(=O)N1CCC[C@H](Nc2nccc(-c3cccnc3Oc3cccc(N)c3C)n2)C1. The molecule has 2 aromatic heterocycles. The number of nitrogens with two attached hydrogens (primary N) is 1. The number of amides is 1. The molecule has 1 aliphatic rings. The first-order chi connectivity index (χ1) is 17.0.